The highest BCUT2D eigenvalue weighted by Gasteiger charge is 2.28. The first-order valence-electron chi connectivity index (χ1n) is 8.82. The molecule has 0 unspecified atom stereocenters. The maximum atomic E-state index is 12.7. The number of fused-ring (bicyclic) bond motifs is 2. The third-order valence-electron chi connectivity index (χ3n) is 4.88. The van der Waals surface area contributed by atoms with Gasteiger partial charge < -0.3 is 5.32 Å². The maximum Gasteiger partial charge on any atom is 0.261 e. The van der Waals surface area contributed by atoms with Crippen LogP contribution in [0, 0.1) is 6.92 Å². The lowest BCUT2D eigenvalue weighted by molar-refractivity contribution is 0.0959. The van der Waals surface area contributed by atoms with Gasteiger partial charge in [0.25, 0.3) is 5.91 Å². The summed E-state index contributed by atoms with van der Waals surface area (Å²) in [6, 6.07) is 15.4. The molecule has 0 atom stereocenters. The number of amides is 1. The highest BCUT2D eigenvalue weighted by Crippen LogP contribution is 2.31. The molecule has 2 heterocycles. The molecule has 2 aromatic carbocycles. The molecule has 5 nitrogen and oxygen atoms in total. The summed E-state index contributed by atoms with van der Waals surface area (Å²) in [5, 5.41) is 3.83. The smallest absolute Gasteiger partial charge is 0.261 e. The quantitative estimate of drug-likeness (QED) is 0.714. The van der Waals surface area contributed by atoms with Crippen LogP contribution < -0.4 is 9.62 Å². The van der Waals surface area contributed by atoms with E-state index in [0.717, 1.165) is 33.3 Å². The Morgan fingerprint density at radius 1 is 1.15 bits per heavy atom. The van der Waals surface area contributed by atoms with Crippen molar-refractivity contribution < 1.29 is 13.2 Å². The Morgan fingerprint density at radius 3 is 2.70 bits per heavy atom. The van der Waals surface area contributed by atoms with Gasteiger partial charge in [-0.3, -0.25) is 9.10 Å². The van der Waals surface area contributed by atoms with E-state index in [0.29, 0.717) is 11.4 Å². The zero-order valence-electron chi connectivity index (χ0n) is 14.9. The predicted octanol–water partition coefficient (Wildman–Crippen LogP) is 3.33. The number of benzene rings is 2. The van der Waals surface area contributed by atoms with Crippen LogP contribution in [0.4, 0.5) is 5.69 Å². The number of carbonyl (C=O) groups is 1. The molecule has 1 N–H and O–H groups in total. The number of rotatable bonds is 5. The molecule has 1 aromatic heterocycles. The minimum Gasteiger partial charge on any atom is -0.350 e. The average Bonchev–Trinajstić information content (AvgIpc) is 3.24. The zero-order chi connectivity index (χ0) is 19.0. The number of para-hydroxylation sites is 1. The molecule has 0 saturated carbocycles. The molecule has 27 heavy (non-hydrogen) atoms. The monoisotopic (exact) mass is 400 g/mol. The van der Waals surface area contributed by atoms with E-state index < -0.39 is 10.0 Å². The molecule has 7 heteroatoms. The van der Waals surface area contributed by atoms with E-state index in [4.69, 9.17) is 0 Å². The van der Waals surface area contributed by atoms with Crippen molar-refractivity contribution in [2.45, 2.75) is 13.3 Å². The van der Waals surface area contributed by atoms with Gasteiger partial charge >= 0.3 is 0 Å². The topological polar surface area (TPSA) is 66.5 Å². The number of sulfonamides is 1. The summed E-state index contributed by atoms with van der Waals surface area (Å²) < 4.78 is 27.9. The van der Waals surface area contributed by atoms with Gasteiger partial charge in [0.2, 0.25) is 10.0 Å². The molecule has 1 amide bonds. The van der Waals surface area contributed by atoms with Gasteiger partial charge in [-0.1, -0.05) is 36.4 Å². The number of aryl methyl sites for hydroxylation is 1. The molecule has 3 aromatic rings. The van der Waals surface area contributed by atoms with E-state index in [1.165, 1.54) is 15.6 Å². The van der Waals surface area contributed by atoms with Crippen molar-refractivity contribution in [3.05, 3.63) is 64.5 Å². The fourth-order valence-corrected chi connectivity index (χ4v) is 6.03. The van der Waals surface area contributed by atoms with Crippen LogP contribution in [-0.2, 0) is 16.4 Å². The summed E-state index contributed by atoms with van der Waals surface area (Å²) in [6.07, 6.45) is 0.725. The largest absolute Gasteiger partial charge is 0.350 e. The van der Waals surface area contributed by atoms with Crippen molar-refractivity contribution in [2.75, 3.05) is 23.1 Å². The molecular formula is C20H20N2O3S2. The van der Waals surface area contributed by atoms with Gasteiger partial charge in [0.05, 0.1) is 16.3 Å². The second-order valence-corrected chi connectivity index (χ2v) is 9.64. The van der Waals surface area contributed by atoms with E-state index in [1.807, 2.05) is 55.5 Å². The highest BCUT2D eigenvalue weighted by molar-refractivity contribution is 7.92. The van der Waals surface area contributed by atoms with Crippen molar-refractivity contribution in [1.29, 1.82) is 0 Å². The van der Waals surface area contributed by atoms with E-state index in [9.17, 15) is 13.2 Å². The van der Waals surface area contributed by atoms with Crippen molar-refractivity contribution in [3.63, 3.8) is 0 Å². The van der Waals surface area contributed by atoms with Crippen LogP contribution in [0.2, 0.25) is 0 Å². The van der Waals surface area contributed by atoms with Crippen molar-refractivity contribution in [2.24, 2.45) is 0 Å². The summed E-state index contributed by atoms with van der Waals surface area (Å²) in [7, 11) is -3.46. The van der Waals surface area contributed by atoms with Crippen LogP contribution in [-0.4, -0.2) is 33.2 Å². The third-order valence-corrected chi connectivity index (χ3v) is 7.92. The summed E-state index contributed by atoms with van der Waals surface area (Å²) in [5.74, 6) is -0.331. The first-order chi connectivity index (χ1) is 13.0. The Balaban J connectivity index is 1.43. The average molecular weight is 401 g/mol. The molecule has 1 aliphatic rings. The first kappa shape index (κ1) is 18.0. The number of hydrogen-bond acceptors (Lipinski definition) is 4. The molecule has 0 bridgehead atoms. The Bertz CT molecular complexity index is 1120. The van der Waals surface area contributed by atoms with Crippen LogP contribution in [0.5, 0.6) is 0 Å². The molecule has 0 radical (unpaired) electrons. The second-order valence-electron chi connectivity index (χ2n) is 6.58. The van der Waals surface area contributed by atoms with Gasteiger partial charge in [-0.05, 0) is 42.0 Å². The molecule has 0 spiro atoms. The second kappa shape index (κ2) is 6.98. The first-order valence-corrected chi connectivity index (χ1v) is 11.2. The van der Waals surface area contributed by atoms with Gasteiger partial charge in [0, 0.05) is 17.8 Å². The highest BCUT2D eigenvalue weighted by atomic mass is 32.2. The molecule has 0 aliphatic carbocycles. The Kier molecular flexibility index (Phi) is 4.65. The summed E-state index contributed by atoms with van der Waals surface area (Å²) in [4.78, 5) is 13.2. The molecule has 1 aliphatic heterocycles. The Morgan fingerprint density at radius 2 is 1.89 bits per heavy atom. The maximum absolute atomic E-state index is 12.7. The van der Waals surface area contributed by atoms with Gasteiger partial charge in [-0.2, -0.15) is 0 Å². The standard InChI is InChI=1S/C20H20N2O3S2/c1-14-16-7-3-5-9-18(16)26-19(14)20(23)21-11-13-27(24,25)22-12-10-15-6-2-4-8-17(15)22/h2-9H,10-13H2,1H3,(H,21,23). The number of hydrogen-bond donors (Lipinski definition) is 1. The normalized spacial score (nSPS) is 13.7. The van der Waals surface area contributed by atoms with Crippen LogP contribution in [0.25, 0.3) is 10.1 Å². The van der Waals surface area contributed by atoms with Crippen LogP contribution in [0.1, 0.15) is 20.8 Å². The van der Waals surface area contributed by atoms with E-state index in [1.54, 1.807) is 0 Å². The fraction of sp³-hybridized carbons (Fsp3) is 0.250. The Labute approximate surface area is 162 Å². The van der Waals surface area contributed by atoms with E-state index >= 15 is 0 Å². The lowest BCUT2D eigenvalue weighted by atomic mass is 10.1. The lowest BCUT2D eigenvalue weighted by Crippen LogP contribution is -2.36. The molecular weight excluding hydrogens is 380 g/mol. The van der Waals surface area contributed by atoms with Crippen molar-refractivity contribution >= 4 is 43.0 Å². The molecule has 0 fully saturated rings. The number of nitrogens with zero attached hydrogens (tertiary/aromatic N) is 1. The fourth-order valence-electron chi connectivity index (χ4n) is 3.47. The molecule has 4 rings (SSSR count). The predicted molar refractivity (Wildman–Crippen MR) is 110 cm³/mol. The number of anilines is 1. The SMILES string of the molecule is Cc1c(C(=O)NCCS(=O)(=O)N2CCc3ccccc32)sc2ccccc12. The summed E-state index contributed by atoms with van der Waals surface area (Å²) in [5.41, 5.74) is 2.74. The number of carbonyl (C=O) groups excluding carboxylic acids is 1. The zero-order valence-corrected chi connectivity index (χ0v) is 16.6. The summed E-state index contributed by atoms with van der Waals surface area (Å²) in [6.45, 7) is 2.48. The van der Waals surface area contributed by atoms with Crippen LogP contribution in [0.15, 0.2) is 48.5 Å². The molecule has 140 valence electrons. The van der Waals surface area contributed by atoms with Gasteiger partial charge in [-0.15, -0.1) is 11.3 Å². The van der Waals surface area contributed by atoms with Gasteiger partial charge in [-0.25, -0.2) is 8.42 Å². The Hall–Kier alpha value is -2.38. The molecule has 0 saturated heterocycles. The van der Waals surface area contributed by atoms with Crippen LogP contribution in [0.3, 0.4) is 0 Å². The minimum atomic E-state index is -3.46. The number of thiophene rings is 1. The third kappa shape index (κ3) is 3.33. The summed E-state index contributed by atoms with van der Waals surface area (Å²) >= 11 is 1.43. The lowest BCUT2D eigenvalue weighted by Gasteiger charge is -2.19. The van der Waals surface area contributed by atoms with Crippen molar-refractivity contribution in [3.8, 4) is 0 Å². The van der Waals surface area contributed by atoms with E-state index in [-0.39, 0.29) is 18.2 Å². The van der Waals surface area contributed by atoms with Crippen LogP contribution >= 0.6 is 11.3 Å². The minimum absolute atomic E-state index is 0.0908. The number of nitrogens with one attached hydrogen (secondary N) is 1. The van der Waals surface area contributed by atoms with Gasteiger partial charge in [0.15, 0.2) is 0 Å². The van der Waals surface area contributed by atoms with E-state index in [2.05, 4.69) is 5.32 Å². The van der Waals surface area contributed by atoms with Crippen molar-refractivity contribution in [1.82, 2.24) is 5.32 Å². The van der Waals surface area contributed by atoms with Gasteiger partial charge in [0.1, 0.15) is 0 Å².